The Hall–Kier alpha value is -1.26. The monoisotopic (exact) mass is 282 g/mol. The maximum Gasteiger partial charge on any atom is 0.317 e. The highest BCUT2D eigenvalue weighted by Crippen LogP contribution is 2.51. The van der Waals surface area contributed by atoms with E-state index < -0.39 is 11.4 Å². The van der Waals surface area contributed by atoms with Crippen LogP contribution < -0.4 is 5.32 Å². The van der Waals surface area contributed by atoms with Crippen molar-refractivity contribution >= 4 is 12.0 Å². The highest BCUT2D eigenvalue weighted by molar-refractivity contribution is 5.80. The quantitative estimate of drug-likeness (QED) is 0.830. The van der Waals surface area contributed by atoms with Gasteiger partial charge >= 0.3 is 12.0 Å². The number of amides is 2. The van der Waals surface area contributed by atoms with E-state index in [-0.39, 0.29) is 11.9 Å². The molecule has 0 aromatic rings. The normalized spacial score (nSPS) is 31.4. The van der Waals surface area contributed by atoms with Crippen LogP contribution in [0, 0.1) is 22.7 Å². The van der Waals surface area contributed by atoms with Crippen LogP contribution in [0.5, 0.6) is 0 Å². The van der Waals surface area contributed by atoms with Crippen molar-refractivity contribution in [1.82, 2.24) is 10.2 Å². The lowest BCUT2D eigenvalue weighted by Gasteiger charge is -2.28. The molecule has 2 aliphatic rings. The van der Waals surface area contributed by atoms with Crippen molar-refractivity contribution in [3.63, 3.8) is 0 Å². The van der Waals surface area contributed by atoms with Gasteiger partial charge in [0, 0.05) is 19.6 Å². The van der Waals surface area contributed by atoms with E-state index in [1.54, 1.807) is 4.90 Å². The number of likely N-dealkylation sites (tertiary alicyclic amines) is 1. The molecule has 20 heavy (non-hydrogen) atoms. The van der Waals surface area contributed by atoms with Gasteiger partial charge in [-0.1, -0.05) is 27.7 Å². The molecule has 2 N–H and O–H groups in total. The van der Waals surface area contributed by atoms with Crippen LogP contribution in [-0.2, 0) is 4.79 Å². The van der Waals surface area contributed by atoms with Gasteiger partial charge in [-0.15, -0.1) is 0 Å². The third-order valence-corrected chi connectivity index (χ3v) is 5.34. The summed E-state index contributed by atoms with van der Waals surface area (Å²) in [5.74, 6) is -0.199. The van der Waals surface area contributed by atoms with Crippen LogP contribution >= 0.6 is 0 Å². The standard InChI is InChI=1S/C15H26N2O3/c1-10(2)15(12(18)19)5-6-17(9-15)13(20)16-8-11-7-14(11,3)4/h10-11H,5-9H2,1-4H3,(H,16,20)(H,18,19). The first kappa shape index (κ1) is 15.1. The van der Waals surface area contributed by atoms with E-state index in [1.807, 2.05) is 13.8 Å². The Morgan fingerprint density at radius 1 is 1.40 bits per heavy atom. The topological polar surface area (TPSA) is 69.6 Å². The fraction of sp³-hybridized carbons (Fsp3) is 0.867. The molecule has 2 fully saturated rings. The van der Waals surface area contributed by atoms with Crippen molar-refractivity contribution in [2.45, 2.75) is 40.5 Å². The van der Waals surface area contributed by atoms with E-state index in [0.29, 0.717) is 37.4 Å². The average molecular weight is 282 g/mol. The van der Waals surface area contributed by atoms with Gasteiger partial charge in [0.05, 0.1) is 5.41 Å². The first-order valence-electron chi connectivity index (χ1n) is 7.45. The molecule has 0 spiro atoms. The second-order valence-electron chi connectivity index (χ2n) is 7.36. The molecule has 1 aliphatic carbocycles. The van der Waals surface area contributed by atoms with Gasteiger partial charge in [-0.2, -0.15) is 0 Å². The van der Waals surface area contributed by atoms with Crippen LogP contribution in [0.2, 0.25) is 0 Å². The van der Waals surface area contributed by atoms with E-state index in [0.717, 1.165) is 6.42 Å². The molecule has 0 bridgehead atoms. The van der Waals surface area contributed by atoms with E-state index in [9.17, 15) is 14.7 Å². The predicted molar refractivity (Wildman–Crippen MR) is 76.4 cm³/mol. The molecule has 2 unspecified atom stereocenters. The largest absolute Gasteiger partial charge is 0.481 e. The number of carboxylic acids is 1. The number of aliphatic carboxylic acids is 1. The summed E-state index contributed by atoms with van der Waals surface area (Å²) in [6.45, 7) is 9.79. The van der Waals surface area contributed by atoms with Crippen LogP contribution in [-0.4, -0.2) is 41.6 Å². The molecule has 5 heteroatoms. The van der Waals surface area contributed by atoms with Gasteiger partial charge in [0.15, 0.2) is 0 Å². The Morgan fingerprint density at radius 3 is 2.40 bits per heavy atom. The third-order valence-electron chi connectivity index (χ3n) is 5.34. The highest BCUT2D eigenvalue weighted by atomic mass is 16.4. The number of nitrogens with one attached hydrogen (secondary N) is 1. The molecule has 1 aliphatic heterocycles. The number of hydrogen-bond donors (Lipinski definition) is 2. The molecule has 114 valence electrons. The van der Waals surface area contributed by atoms with Crippen molar-refractivity contribution in [1.29, 1.82) is 0 Å². The van der Waals surface area contributed by atoms with Crippen LogP contribution in [0.1, 0.15) is 40.5 Å². The number of carboxylic acid groups (broad SMARTS) is 1. The molecular weight excluding hydrogens is 256 g/mol. The number of hydrogen-bond acceptors (Lipinski definition) is 2. The molecule has 0 aromatic heterocycles. The van der Waals surface area contributed by atoms with Gasteiger partial charge in [0.1, 0.15) is 0 Å². The Labute approximate surface area is 120 Å². The Morgan fingerprint density at radius 2 is 2.00 bits per heavy atom. The van der Waals surface area contributed by atoms with Crippen LogP contribution in [0.3, 0.4) is 0 Å². The lowest BCUT2D eigenvalue weighted by Crippen LogP contribution is -2.44. The molecular formula is C15H26N2O3. The summed E-state index contributed by atoms with van der Waals surface area (Å²) < 4.78 is 0. The lowest BCUT2D eigenvalue weighted by atomic mass is 9.76. The summed E-state index contributed by atoms with van der Waals surface area (Å²) in [6, 6.07) is -0.114. The molecule has 2 amide bonds. The average Bonchev–Trinajstić information content (AvgIpc) is 2.78. The molecule has 5 nitrogen and oxygen atoms in total. The SMILES string of the molecule is CC(C)C1(C(=O)O)CCN(C(=O)NCC2CC2(C)C)C1. The molecule has 1 heterocycles. The van der Waals surface area contributed by atoms with Crippen molar-refractivity contribution < 1.29 is 14.7 Å². The zero-order valence-corrected chi connectivity index (χ0v) is 12.9. The summed E-state index contributed by atoms with van der Waals surface area (Å²) in [7, 11) is 0. The predicted octanol–water partition coefficient (Wildman–Crippen LogP) is 2.17. The molecule has 2 atom stereocenters. The summed E-state index contributed by atoms with van der Waals surface area (Å²) in [6.07, 6.45) is 1.70. The second-order valence-corrected chi connectivity index (χ2v) is 7.36. The van der Waals surface area contributed by atoms with E-state index in [1.165, 1.54) is 0 Å². The number of rotatable bonds is 4. The first-order valence-corrected chi connectivity index (χ1v) is 7.45. The number of urea groups is 1. The molecule has 1 saturated heterocycles. The minimum Gasteiger partial charge on any atom is -0.481 e. The summed E-state index contributed by atoms with van der Waals surface area (Å²) in [5, 5.41) is 12.4. The minimum atomic E-state index is -0.786. The molecule has 0 aromatic carbocycles. The van der Waals surface area contributed by atoms with Crippen LogP contribution in [0.15, 0.2) is 0 Å². The second kappa shape index (κ2) is 4.93. The van der Waals surface area contributed by atoms with Gasteiger partial charge < -0.3 is 15.3 Å². The van der Waals surface area contributed by atoms with E-state index >= 15 is 0 Å². The van der Waals surface area contributed by atoms with Gasteiger partial charge in [-0.3, -0.25) is 4.79 Å². The first-order chi connectivity index (χ1) is 9.19. The van der Waals surface area contributed by atoms with Crippen LogP contribution in [0.4, 0.5) is 4.79 Å². The Kier molecular flexibility index (Phi) is 3.73. The maximum absolute atomic E-state index is 12.1. The van der Waals surface area contributed by atoms with Gasteiger partial charge in [0.2, 0.25) is 0 Å². The Balaban J connectivity index is 1.88. The third kappa shape index (κ3) is 2.63. The Bertz CT molecular complexity index is 419. The van der Waals surface area contributed by atoms with Gasteiger partial charge in [0.25, 0.3) is 0 Å². The fourth-order valence-electron chi connectivity index (χ4n) is 3.15. The molecule has 2 rings (SSSR count). The zero-order valence-electron chi connectivity index (χ0n) is 12.9. The summed E-state index contributed by atoms with van der Waals surface area (Å²) >= 11 is 0. The summed E-state index contributed by atoms with van der Waals surface area (Å²) in [5.41, 5.74) is -0.433. The molecule has 0 radical (unpaired) electrons. The van der Waals surface area contributed by atoms with Crippen molar-refractivity contribution in [3.05, 3.63) is 0 Å². The highest BCUT2D eigenvalue weighted by Gasteiger charge is 2.49. The van der Waals surface area contributed by atoms with E-state index in [2.05, 4.69) is 19.2 Å². The minimum absolute atomic E-state index is 0.0279. The van der Waals surface area contributed by atoms with Crippen molar-refractivity contribution in [2.75, 3.05) is 19.6 Å². The maximum atomic E-state index is 12.1. The lowest BCUT2D eigenvalue weighted by molar-refractivity contribution is -0.150. The molecule has 1 saturated carbocycles. The number of nitrogens with zero attached hydrogens (tertiary/aromatic N) is 1. The van der Waals surface area contributed by atoms with Crippen molar-refractivity contribution in [3.8, 4) is 0 Å². The number of carbonyl (C=O) groups excluding carboxylic acids is 1. The van der Waals surface area contributed by atoms with Gasteiger partial charge in [-0.05, 0) is 30.1 Å². The smallest absolute Gasteiger partial charge is 0.317 e. The number of carbonyl (C=O) groups is 2. The van der Waals surface area contributed by atoms with Crippen molar-refractivity contribution in [2.24, 2.45) is 22.7 Å². The van der Waals surface area contributed by atoms with Crippen LogP contribution in [0.25, 0.3) is 0 Å². The fourth-order valence-corrected chi connectivity index (χ4v) is 3.15. The summed E-state index contributed by atoms with van der Waals surface area (Å²) in [4.78, 5) is 25.3. The van der Waals surface area contributed by atoms with E-state index in [4.69, 9.17) is 0 Å². The zero-order chi connectivity index (χ0) is 15.1. The van der Waals surface area contributed by atoms with Gasteiger partial charge in [-0.25, -0.2) is 4.79 Å².